The molecular formula is C8H11F3N4O3. The van der Waals surface area contributed by atoms with E-state index in [1.807, 2.05) is 0 Å². The molecule has 0 saturated carbocycles. The van der Waals surface area contributed by atoms with Crippen molar-refractivity contribution < 1.29 is 27.6 Å². The molecule has 0 aromatic heterocycles. The van der Waals surface area contributed by atoms with Gasteiger partial charge < -0.3 is 5.32 Å². The van der Waals surface area contributed by atoms with Crippen molar-refractivity contribution in [3.8, 4) is 0 Å². The molecule has 1 aliphatic heterocycles. The van der Waals surface area contributed by atoms with E-state index in [0.29, 0.717) is 6.92 Å². The van der Waals surface area contributed by atoms with Gasteiger partial charge in [0.2, 0.25) is 5.54 Å². The fraction of sp³-hybridized carbons (Fsp3) is 0.625. The number of carbonyl (C=O) groups is 3. The van der Waals surface area contributed by atoms with Gasteiger partial charge in [-0.2, -0.15) is 13.2 Å². The molecule has 0 spiro atoms. The second kappa shape index (κ2) is 4.12. The van der Waals surface area contributed by atoms with Crippen LogP contribution in [0.25, 0.3) is 0 Å². The third-order valence-corrected chi connectivity index (χ3v) is 2.70. The summed E-state index contributed by atoms with van der Waals surface area (Å²) in [6, 6.07) is -2.73. The maximum Gasteiger partial charge on any atom is 0.420 e. The normalized spacial score (nSPS) is 26.0. The van der Waals surface area contributed by atoms with E-state index in [9.17, 15) is 27.6 Å². The molecule has 18 heavy (non-hydrogen) atoms. The molecular weight excluding hydrogens is 257 g/mol. The molecule has 1 rings (SSSR count). The molecule has 0 aromatic rings. The first-order chi connectivity index (χ1) is 8.06. The highest BCUT2D eigenvalue weighted by atomic mass is 19.4. The molecule has 4 amide bonds. The lowest BCUT2D eigenvalue weighted by Crippen LogP contribution is -2.57. The maximum absolute atomic E-state index is 12.7. The molecule has 4 N–H and O–H groups in total. The number of hydrogen-bond acceptors (Lipinski definition) is 4. The van der Waals surface area contributed by atoms with Crippen molar-refractivity contribution in [2.75, 3.05) is 0 Å². The number of carbonyl (C=O) groups excluding carboxylic acids is 3. The number of halogens is 3. The van der Waals surface area contributed by atoms with E-state index in [2.05, 4.69) is 0 Å². The molecule has 1 aliphatic rings. The first kappa shape index (κ1) is 14.2. The average molecular weight is 268 g/mol. The van der Waals surface area contributed by atoms with E-state index in [1.165, 1.54) is 5.32 Å². The van der Waals surface area contributed by atoms with E-state index in [4.69, 9.17) is 5.84 Å². The van der Waals surface area contributed by atoms with Crippen LogP contribution in [0, 0.1) is 0 Å². The van der Waals surface area contributed by atoms with Crippen LogP contribution < -0.4 is 16.6 Å². The summed E-state index contributed by atoms with van der Waals surface area (Å²) in [5.41, 5.74) is -1.38. The van der Waals surface area contributed by atoms with Crippen LogP contribution in [-0.2, 0) is 9.59 Å². The minimum absolute atomic E-state index is 0.190. The number of hydrazine groups is 1. The second-order valence-corrected chi connectivity index (χ2v) is 3.91. The van der Waals surface area contributed by atoms with Gasteiger partial charge in [-0.15, -0.1) is 0 Å². The SMILES string of the molecule is CC(C(=O)NN)N1C(=O)NC(C)(C(F)(F)F)C1=O. The third kappa shape index (κ3) is 1.88. The Morgan fingerprint density at radius 2 is 2.00 bits per heavy atom. The Morgan fingerprint density at radius 3 is 2.33 bits per heavy atom. The second-order valence-electron chi connectivity index (χ2n) is 3.91. The van der Waals surface area contributed by atoms with Crippen molar-refractivity contribution in [3.63, 3.8) is 0 Å². The van der Waals surface area contributed by atoms with E-state index < -0.39 is 35.6 Å². The quantitative estimate of drug-likeness (QED) is 0.265. The highest BCUT2D eigenvalue weighted by Gasteiger charge is 2.65. The third-order valence-electron chi connectivity index (χ3n) is 2.70. The van der Waals surface area contributed by atoms with Gasteiger partial charge in [-0.3, -0.25) is 15.0 Å². The summed E-state index contributed by atoms with van der Waals surface area (Å²) in [6.45, 7) is 1.61. The number of alkyl halides is 3. The number of imide groups is 1. The maximum atomic E-state index is 12.7. The van der Waals surface area contributed by atoms with Crippen LogP contribution in [0.4, 0.5) is 18.0 Å². The van der Waals surface area contributed by atoms with Crippen LogP contribution >= 0.6 is 0 Å². The van der Waals surface area contributed by atoms with Gasteiger partial charge in [-0.25, -0.2) is 15.5 Å². The van der Waals surface area contributed by atoms with Gasteiger partial charge in [0.05, 0.1) is 0 Å². The molecule has 0 aliphatic carbocycles. The van der Waals surface area contributed by atoms with E-state index >= 15 is 0 Å². The smallest absolute Gasteiger partial charge is 0.316 e. The Kier molecular flexibility index (Phi) is 3.26. The lowest BCUT2D eigenvalue weighted by Gasteiger charge is -2.25. The number of rotatable bonds is 2. The van der Waals surface area contributed by atoms with Gasteiger partial charge in [0.15, 0.2) is 0 Å². The number of nitrogens with zero attached hydrogens (tertiary/aromatic N) is 1. The Morgan fingerprint density at radius 1 is 1.50 bits per heavy atom. The van der Waals surface area contributed by atoms with Crippen LogP contribution in [-0.4, -0.2) is 40.5 Å². The summed E-state index contributed by atoms with van der Waals surface area (Å²) in [7, 11) is 0. The van der Waals surface area contributed by atoms with Gasteiger partial charge in [-0.1, -0.05) is 0 Å². The topological polar surface area (TPSA) is 105 Å². The molecule has 1 fully saturated rings. The van der Waals surface area contributed by atoms with Crippen molar-refractivity contribution in [1.82, 2.24) is 15.6 Å². The molecule has 0 radical (unpaired) electrons. The Labute approximate surface area is 99.4 Å². The average Bonchev–Trinajstić information content (AvgIpc) is 2.48. The van der Waals surface area contributed by atoms with Crippen molar-refractivity contribution in [2.45, 2.75) is 31.6 Å². The first-order valence-electron chi connectivity index (χ1n) is 4.79. The van der Waals surface area contributed by atoms with Crippen LogP contribution in [0.1, 0.15) is 13.8 Å². The summed E-state index contributed by atoms with van der Waals surface area (Å²) in [5.74, 6) is 2.29. The summed E-state index contributed by atoms with van der Waals surface area (Å²) in [5, 5.41) is 1.52. The first-order valence-corrected chi connectivity index (χ1v) is 4.79. The molecule has 2 unspecified atom stereocenters. The molecule has 10 heteroatoms. The highest BCUT2D eigenvalue weighted by Crippen LogP contribution is 2.35. The van der Waals surface area contributed by atoms with Gasteiger partial charge in [0.1, 0.15) is 6.04 Å². The molecule has 2 atom stereocenters. The fourth-order valence-corrected chi connectivity index (χ4v) is 1.44. The molecule has 1 heterocycles. The lowest BCUT2D eigenvalue weighted by molar-refractivity contribution is -0.191. The van der Waals surface area contributed by atoms with Gasteiger partial charge in [-0.05, 0) is 13.8 Å². The van der Waals surface area contributed by atoms with Crippen LogP contribution in [0.5, 0.6) is 0 Å². The lowest BCUT2D eigenvalue weighted by atomic mass is 10.0. The predicted molar refractivity (Wildman–Crippen MR) is 51.6 cm³/mol. The number of amides is 4. The summed E-state index contributed by atoms with van der Waals surface area (Å²) in [6.07, 6.45) is -4.96. The zero-order chi connectivity index (χ0) is 14.3. The predicted octanol–water partition coefficient (Wildman–Crippen LogP) is -0.762. The van der Waals surface area contributed by atoms with Crippen molar-refractivity contribution >= 4 is 17.8 Å². The van der Waals surface area contributed by atoms with Crippen molar-refractivity contribution in [2.24, 2.45) is 5.84 Å². The van der Waals surface area contributed by atoms with Crippen molar-refractivity contribution in [1.29, 1.82) is 0 Å². The molecule has 0 bridgehead atoms. The van der Waals surface area contributed by atoms with Gasteiger partial charge in [0.25, 0.3) is 11.8 Å². The highest BCUT2D eigenvalue weighted by molar-refractivity contribution is 6.10. The zero-order valence-corrected chi connectivity index (χ0v) is 9.46. The minimum atomic E-state index is -4.96. The molecule has 102 valence electrons. The number of hydrogen-bond donors (Lipinski definition) is 3. The van der Waals surface area contributed by atoms with Crippen LogP contribution in [0.2, 0.25) is 0 Å². The Balaban J connectivity index is 3.10. The summed E-state index contributed by atoms with van der Waals surface area (Å²) in [4.78, 5) is 34.4. The largest absolute Gasteiger partial charge is 0.420 e. The zero-order valence-electron chi connectivity index (χ0n) is 9.46. The summed E-state index contributed by atoms with van der Waals surface area (Å²) >= 11 is 0. The van der Waals surface area contributed by atoms with Gasteiger partial charge >= 0.3 is 12.2 Å². The minimum Gasteiger partial charge on any atom is -0.316 e. The van der Waals surface area contributed by atoms with Crippen LogP contribution in [0.15, 0.2) is 0 Å². The Bertz CT molecular complexity index is 411. The molecule has 7 nitrogen and oxygen atoms in total. The van der Waals surface area contributed by atoms with Crippen molar-refractivity contribution in [3.05, 3.63) is 0 Å². The molecule has 0 aromatic carbocycles. The van der Waals surface area contributed by atoms with Crippen LogP contribution in [0.3, 0.4) is 0 Å². The summed E-state index contributed by atoms with van der Waals surface area (Å²) < 4.78 is 38.1. The fourth-order valence-electron chi connectivity index (χ4n) is 1.44. The van der Waals surface area contributed by atoms with Gasteiger partial charge in [0, 0.05) is 0 Å². The monoisotopic (exact) mass is 268 g/mol. The standard InChI is InChI=1S/C8H11F3N4O3/c1-3(4(16)14-12)15-5(17)7(2,8(9,10)11)13-6(15)18/h3H,12H2,1-2H3,(H,13,18)(H,14,16). The molecule has 1 saturated heterocycles. The Hall–Kier alpha value is -1.84. The number of urea groups is 1. The number of nitrogens with one attached hydrogen (secondary N) is 2. The van der Waals surface area contributed by atoms with E-state index in [1.54, 1.807) is 5.43 Å². The van der Waals surface area contributed by atoms with E-state index in [0.717, 1.165) is 6.92 Å². The van der Waals surface area contributed by atoms with E-state index in [-0.39, 0.29) is 4.90 Å². The number of nitrogens with two attached hydrogens (primary N) is 1.